The van der Waals surface area contributed by atoms with Gasteiger partial charge in [0, 0.05) is 24.7 Å². The second-order valence-electron chi connectivity index (χ2n) is 6.48. The molecule has 3 N–H and O–H groups in total. The van der Waals surface area contributed by atoms with Crippen LogP contribution in [-0.2, 0) is 9.59 Å². The van der Waals surface area contributed by atoms with Gasteiger partial charge in [0.05, 0.1) is 12.2 Å². The first-order valence-electron chi connectivity index (χ1n) is 9.04. The number of carboxylic acids is 1. The molecule has 5 heteroatoms. The summed E-state index contributed by atoms with van der Waals surface area (Å²) in [5, 5.41) is 28.6. The minimum absolute atomic E-state index is 0.0395. The topological polar surface area (TPSA) is 94.8 Å². The molecule has 1 aliphatic rings. The van der Waals surface area contributed by atoms with Crippen molar-refractivity contribution in [3.05, 3.63) is 36.5 Å². The number of carbonyl (C=O) groups is 2. The summed E-state index contributed by atoms with van der Waals surface area (Å²) in [5.41, 5.74) is 0. The van der Waals surface area contributed by atoms with E-state index in [1.165, 1.54) is 0 Å². The van der Waals surface area contributed by atoms with Gasteiger partial charge in [-0.2, -0.15) is 0 Å². The van der Waals surface area contributed by atoms with Crippen LogP contribution in [0.1, 0.15) is 51.9 Å². The standard InChI is InChI=1S/C20H30O5/c1-2-3-6-9-15(21)12-13-17-16(18(22)14-19(17)23)10-7-4-5-8-11-20(24)25/h3-4,6-7,12-13,15-17,19,21,23H,2,5,8-11,14H2,1H3,(H,24,25)/b6-3+,7-4+,13-12+. The number of hydrogen-bond donors (Lipinski definition) is 3. The van der Waals surface area contributed by atoms with Crippen LogP contribution in [0.3, 0.4) is 0 Å². The normalized spacial score (nSPS) is 25.6. The minimum Gasteiger partial charge on any atom is -0.481 e. The number of hydrogen-bond acceptors (Lipinski definition) is 4. The smallest absolute Gasteiger partial charge is 0.303 e. The Morgan fingerprint density at radius 1 is 1.28 bits per heavy atom. The number of Topliss-reactive ketones (excluding diaryl/α,β-unsaturated/α-hetero) is 1. The quantitative estimate of drug-likeness (QED) is 0.393. The summed E-state index contributed by atoms with van der Waals surface area (Å²) < 4.78 is 0. The van der Waals surface area contributed by atoms with Crippen LogP contribution in [0.2, 0.25) is 0 Å². The third kappa shape index (κ3) is 8.27. The first-order valence-corrected chi connectivity index (χ1v) is 9.04. The summed E-state index contributed by atoms with van der Waals surface area (Å²) in [5.74, 6) is -1.32. The van der Waals surface area contributed by atoms with Gasteiger partial charge in [-0.15, -0.1) is 0 Å². The highest BCUT2D eigenvalue weighted by Gasteiger charge is 2.39. The van der Waals surface area contributed by atoms with Crippen molar-refractivity contribution in [3.8, 4) is 0 Å². The van der Waals surface area contributed by atoms with Gasteiger partial charge in [-0.1, -0.05) is 43.4 Å². The highest BCUT2D eigenvalue weighted by Crippen LogP contribution is 2.33. The molecule has 5 nitrogen and oxygen atoms in total. The first-order chi connectivity index (χ1) is 12.0. The fourth-order valence-corrected chi connectivity index (χ4v) is 3.00. The van der Waals surface area contributed by atoms with Crippen LogP contribution in [-0.4, -0.2) is 39.3 Å². The summed E-state index contributed by atoms with van der Waals surface area (Å²) in [6.07, 6.45) is 13.3. The number of rotatable bonds is 11. The average molecular weight is 350 g/mol. The number of carbonyl (C=O) groups excluding carboxylic acids is 1. The van der Waals surface area contributed by atoms with Gasteiger partial charge in [-0.3, -0.25) is 9.59 Å². The van der Waals surface area contributed by atoms with Crippen molar-refractivity contribution < 1.29 is 24.9 Å². The lowest BCUT2D eigenvalue weighted by atomic mass is 9.90. The minimum atomic E-state index is -0.806. The first kappa shape index (κ1) is 21.3. The van der Waals surface area contributed by atoms with E-state index in [2.05, 4.69) is 0 Å². The molecule has 1 aliphatic carbocycles. The monoisotopic (exact) mass is 350 g/mol. The Morgan fingerprint density at radius 3 is 2.72 bits per heavy atom. The zero-order valence-electron chi connectivity index (χ0n) is 14.9. The Labute approximate surface area is 149 Å². The number of ketones is 1. The lowest BCUT2D eigenvalue weighted by Gasteiger charge is -2.16. The molecule has 4 unspecified atom stereocenters. The summed E-state index contributed by atoms with van der Waals surface area (Å²) in [7, 11) is 0. The highest BCUT2D eigenvalue weighted by atomic mass is 16.4. The van der Waals surface area contributed by atoms with Gasteiger partial charge in [0.25, 0.3) is 0 Å². The van der Waals surface area contributed by atoms with E-state index in [4.69, 9.17) is 5.11 Å². The number of aliphatic hydroxyl groups excluding tert-OH is 2. The Bertz CT molecular complexity index is 506. The van der Waals surface area contributed by atoms with E-state index < -0.39 is 18.2 Å². The molecular weight excluding hydrogens is 320 g/mol. The molecule has 1 rings (SSSR count). The summed E-state index contributed by atoms with van der Waals surface area (Å²) in [6.45, 7) is 2.03. The molecule has 0 radical (unpaired) electrons. The van der Waals surface area contributed by atoms with E-state index in [9.17, 15) is 19.8 Å². The molecule has 0 saturated heterocycles. The Hall–Kier alpha value is -1.72. The zero-order valence-corrected chi connectivity index (χ0v) is 14.9. The summed E-state index contributed by atoms with van der Waals surface area (Å²) >= 11 is 0. The van der Waals surface area contributed by atoms with Crippen LogP contribution in [0.5, 0.6) is 0 Å². The molecule has 1 saturated carbocycles. The summed E-state index contributed by atoms with van der Waals surface area (Å²) in [4.78, 5) is 22.5. The molecule has 0 aromatic carbocycles. The third-order valence-electron chi connectivity index (χ3n) is 4.39. The molecule has 0 aromatic heterocycles. The van der Waals surface area contributed by atoms with Gasteiger partial charge in [0.15, 0.2) is 0 Å². The van der Waals surface area contributed by atoms with E-state index in [-0.39, 0.29) is 30.5 Å². The molecular formula is C20H30O5. The molecule has 0 spiro atoms. The SMILES string of the molecule is CC/C=C/CC(O)/C=C/C1C(O)CC(=O)C1C/C=C/CCCC(=O)O. The van der Waals surface area contributed by atoms with Crippen molar-refractivity contribution >= 4 is 11.8 Å². The Kier molecular flexibility index (Phi) is 10.0. The number of aliphatic hydroxyl groups is 2. The lowest BCUT2D eigenvalue weighted by Crippen LogP contribution is -2.18. The number of allylic oxidation sites excluding steroid dienone is 3. The average Bonchev–Trinajstić information content (AvgIpc) is 2.82. The summed E-state index contributed by atoms with van der Waals surface area (Å²) in [6, 6.07) is 0. The number of unbranched alkanes of at least 4 members (excludes halogenated alkanes) is 1. The fourth-order valence-electron chi connectivity index (χ4n) is 3.00. The maximum atomic E-state index is 12.1. The van der Waals surface area contributed by atoms with Gasteiger partial charge in [-0.25, -0.2) is 0 Å². The molecule has 0 bridgehead atoms. The molecule has 25 heavy (non-hydrogen) atoms. The van der Waals surface area contributed by atoms with Crippen LogP contribution in [0.15, 0.2) is 36.5 Å². The maximum Gasteiger partial charge on any atom is 0.303 e. The Morgan fingerprint density at radius 2 is 2.04 bits per heavy atom. The van der Waals surface area contributed by atoms with Crippen molar-refractivity contribution in [1.82, 2.24) is 0 Å². The highest BCUT2D eigenvalue weighted by molar-refractivity contribution is 5.84. The molecule has 0 aromatic rings. The maximum absolute atomic E-state index is 12.1. The fraction of sp³-hybridized carbons (Fsp3) is 0.600. The second-order valence-corrected chi connectivity index (χ2v) is 6.48. The van der Waals surface area contributed by atoms with Gasteiger partial charge in [0.1, 0.15) is 5.78 Å². The van der Waals surface area contributed by atoms with Crippen LogP contribution >= 0.6 is 0 Å². The molecule has 140 valence electrons. The van der Waals surface area contributed by atoms with Gasteiger partial charge in [-0.05, 0) is 32.1 Å². The number of carboxylic acid groups (broad SMARTS) is 1. The van der Waals surface area contributed by atoms with Crippen molar-refractivity contribution in [2.45, 2.75) is 64.1 Å². The third-order valence-corrected chi connectivity index (χ3v) is 4.39. The van der Waals surface area contributed by atoms with Crippen LogP contribution in [0.4, 0.5) is 0 Å². The van der Waals surface area contributed by atoms with Gasteiger partial charge in [0.2, 0.25) is 0 Å². The van der Waals surface area contributed by atoms with Crippen LogP contribution in [0.25, 0.3) is 0 Å². The van der Waals surface area contributed by atoms with E-state index in [0.29, 0.717) is 25.7 Å². The van der Waals surface area contributed by atoms with Crippen molar-refractivity contribution in [2.75, 3.05) is 0 Å². The zero-order chi connectivity index (χ0) is 18.7. The second kappa shape index (κ2) is 11.8. The van der Waals surface area contributed by atoms with E-state index in [0.717, 1.165) is 6.42 Å². The van der Waals surface area contributed by atoms with E-state index >= 15 is 0 Å². The molecule has 0 heterocycles. The predicted molar refractivity (Wildman–Crippen MR) is 97.0 cm³/mol. The van der Waals surface area contributed by atoms with E-state index in [1.54, 1.807) is 12.2 Å². The van der Waals surface area contributed by atoms with Crippen molar-refractivity contribution in [2.24, 2.45) is 11.8 Å². The van der Waals surface area contributed by atoms with Crippen molar-refractivity contribution in [1.29, 1.82) is 0 Å². The molecule has 4 atom stereocenters. The molecule has 0 aliphatic heterocycles. The van der Waals surface area contributed by atoms with Crippen LogP contribution in [0, 0.1) is 11.8 Å². The van der Waals surface area contributed by atoms with Crippen molar-refractivity contribution in [3.63, 3.8) is 0 Å². The van der Waals surface area contributed by atoms with Gasteiger partial charge >= 0.3 is 5.97 Å². The Balaban J connectivity index is 2.52. The molecule has 0 amide bonds. The lowest BCUT2D eigenvalue weighted by molar-refractivity contribution is -0.137. The number of aliphatic carboxylic acids is 1. The molecule has 1 fully saturated rings. The van der Waals surface area contributed by atoms with E-state index in [1.807, 2.05) is 31.2 Å². The largest absolute Gasteiger partial charge is 0.481 e. The predicted octanol–water partition coefficient (Wildman–Crippen LogP) is 3.03. The van der Waals surface area contributed by atoms with Crippen LogP contribution < -0.4 is 0 Å². The van der Waals surface area contributed by atoms with Gasteiger partial charge < -0.3 is 15.3 Å².